The van der Waals surface area contributed by atoms with E-state index in [1.165, 1.54) is 6.20 Å². The number of nitrogens with zero attached hydrogens (tertiary/aromatic N) is 4. The molecule has 0 saturated heterocycles. The highest BCUT2D eigenvalue weighted by atomic mass is 127. The number of pyridine rings is 2. The van der Waals surface area contributed by atoms with E-state index in [0.717, 1.165) is 39.2 Å². The highest BCUT2D eigenvalue weighted by Crippen LogP contribution is 2.28. The number of hydrogen-bond donors (Lipinski definition) is 2. The zero-order valence-electron chi connectivity index (χ0n) is 18.5. The molecule has 0 bridgehead atoms. The quantitative estimate of drug-likeness (QED) is 0.203. The minimum atomic E-state index is -2.96. The number of rotatable bonds is 6. The SMILES string of the molecule is CNc1ccc(-c2c(=O)n(-c3ccc4ncccc4c3)cc3cnc(NCC(F)(F)I)nc23)cc1. The molecule has 3 heterocycles. The van der Waals surface area contributed by atoms with Gasteiger partial charge in [0.25, 0.3) is 5.56 Å². The average molecular weight is 584 g/mol. The third kappa shape index (κ3) is 4.78. The number of hydrogen-bond acceptors (Lipinski definition) is 6. The van der Waals surface area contributed by atoms with Crippen molar-refractivity contribution < 1.29 is 8.78 Å². The van der Waals surface area contributed by atoms with Gasteiger partial charge in [-0.1, -0.05) is 18.2 Å². The van der Waals surface area contributed by atoms with Crippen LogP contribution in [0.2, 0.25) is 0 Å². The van der Waals surface area contributed by atoms with Gasteiger partial charge in [0.2, 0.25) is 5.95 Å². The fourth-order valence-electron chi connectivity index (χ4n) is 3.84. The van der Waals surface area contributed by atoms with Crippen molar-refractivity contribution in [2.45, 2.75) is 3.93 Å². The molecule has 176 valence electrons. The van der Waals surface area contributed by atoms with E-state index in [2.05, 4.69) is 25.6 Å². The highest BCUT2D eigenvalue weighted by Gasteiger charge is 2.24. The molecular weight excluding hydrogens is 565 g/mol. The fourth-order valence-corrected chi connectivity index (χ4v) is 4.03. The summed E-state index contributed by atoms with van der Waals surface area (Å²) in [5.41, 5.74) is 3.46. The number of aromatic nitrogens is 4. The zero-order valence-corrected chi connectivity index (χ0v) is 20.6. The Morgan fingerprint density at radius 3 is 2.60 bits per heavy atom. The Labute approximate surface area is 212 Å². The summed E-state index contributed by atoms with van der Waals surface area (Å²) in [5, 5.41) is 7.10. The van der Waals surface area contributed by atoms with E-state index in [1.807, 2.05) is 61.6 Å². The monoisotopic (exact) mass is 584 g/mol. The molecule has 35 heavy (non-hydrogen) atoms. The molecule has 2 N–H and O–H groups in total. The number of anilines is 2. The minimum absolute atomic E-state index is 0.0239. The van der Waals surface area contributed by atoms with Gasteiger partial charge in [0.05, 0.1) is 23.1 Å². The number of nitrogens with one attached hydrogen (secondary N) is 2. The van der Waals surface area contributed by atoms with Crippen LogP contribution < -0.4 is 16.2 Å². The molecule has 0 aliphatic heterocycles. The second-order valence-corrected chi connectivity index (χ2v) is 9.43. The van der Waals surface area contributed by atoms with Crippen LogP contribution in [-0.4, -0.2) is 37.0 Å². The van der Waals surface area contributed by atoms with Gasteiger partial charge < -0.3 is 10.6 Å². The standard InChI is InChI=1S/C25H19F2IN6O/c1-29-18-6-4-15(5-7-18)21-22-17(12-31-24(33-22)32-14-25(26,27)28)13-34(23(21)35)19-8-9-20-16(11-19)3-2-10-30-20/h2-13,29H,14H2,1H3,(H,32,33). The van der Waals surface area contributed by atoms with Crippen LogP contribution in [0.1, 0.15) is 0 Å². The first kappa shape index (κ1) is 23.1. The van der Waals surface area contributed by atoms with Crippen molar-refractivity contribution in [2.75, 3.05) is 24.2 Å². The van der Waals surface area contributed by atoms with Gasteiger partial charge in [0, 0.05) is 70.4 Å². The average Bonchev–Trinajstić information content (AvgIpc) is 2.86. The molecule has 3 aromatic heterocycles. The summed E-state index contributed by atoms with van der Waals surface area (Å²) in [6.07, 6.45) is 4.91. The molecule has 0 amide bonds. The molecule has 0 atom stereocenters. The molecule has 0 unspecified atom stereocenters. The fraction of sp³-hybridized carbons (Fsp3) is 0.120. The van der Waals surface area contributed by atoms with Crippen LogP contribution in [0.3, 0.4) is 0 Å². The van der Waals surface area contributed by atoms with Crippen molar-refractivity contribution in [3.8, 4) is 16.8 Å². The van der Waals surface area contributed by atoms with Gasteiger partial charge in [0.1, 0.15) is 0 Å². The van der Waals surface area contributed by atoms with Gasteiger partial charge >= 0.3 is 3.93 Å². The van der Waals surface area contributed by atoms with Gasteiger partial charge in [0.15, 0.2) is 0 Å². The number of benzene rings is 2. The predicted molar refractivity (Wildman–Crippen MR) is 143 cm³/mol. The van der Waals surface area contributed by atoms with Gasteiger partial charge in [-0.2, -0.15) is 8.78 Å². The molecule has 0 fully saturated rings. The van der Waals surface area contributed by atoms with Crippen molar-refractivity contribution in [1.29, 1.82) is 0 Å². The van der Waals surface area contributed by atoms with E-state index in [9.17, 15) is 13.6 Å². The van der Waals surface area contributed by atoms with Crippen LogP contribution in [0.4, 0.5) is 20.4 Å². The van der Waals surface area contributed by atoms with Gasteiger partial charge in [-0.15, -0.1) is 0 Å². The van der Waals surface area contributed by atoms with E-state index in [4.69, 9.17) is 0 Å². The molecule has 0 spiro atoms. The summed E-state index contributed by atoms with van der Waals surface area (Å²) in [6.45, 7) is -0.631. The first-order valence-electron chi connectivity index (χ1n) is 10.7. The summed E-state index contributed by atoms with van der Waals surface area (Å²) in [5.74, 6) is 0.0239. The van der Waals surface area contributed by atoms with E-state index in [0.29, 0.717) is 27.7 Å². The third-order valence-electron chi connectivity index (χ3n) is 5.53. The first-order chi connectivity index (χ1) is 16.8. The van der Waals surface area contributed by atoms with Crippen LogP contribution >= 0.6 is 22.6 Å². The van der Waals surface area contributed by atoms with Crippen LogP contribution in [-0.2, 0) is 0 Å². The summed E-state index contributed by atoms with van der Waals surface area (Å²) in [6, 6.07) is 16.7. The topological polar surface area (TPSA) is 84.7 Å². The number of halogens is 3. The highest BCUT2D eigenvalue weighted by molar-refractivity contribution is 14.1. The van der Waals surface area contributed by atoms with Gasteiger partial charge in [-0.05, 0) is 42.0 Å². The molecule has 2 aromatic carbocycles. The van der Waals surface area contributed by atoms with Crippen molar-refractivity contribution in [3.05, 3.63) is 83.5 Å². The lowest BCUT2D eigenvalue weighted by molar-refractivity contribution is 0.142. The maximum Gasteiger partial charge on any atom is 0.313 e. The normalized spacial score (nSPS) is 11.7. The van der Waals surface area contributed by atoms with Crippen LogP contribution in [0.5, 0.6) is 0 Å². The van der Waals surface area contributed by atoms with E-state index >= 15 is 0 Å². The molecule has 0 aliphatic carbocycles. The maximum atomic E-state index is 13.8. The molecule has 5 aromatic rings. The first-order valence-corrected chi connectivity index (χ1v) is 11.8. The van der Waals surface area contributed by atoms with Crippen molar-refractivity contribution >= 4 is 56.0 Å². The second kappa shape index (κ2) is 9.17. The van der Waals surface area contributed by atoms with Crippen molar-refractivity contribution in [1.82, 2.24) is 19.5 Å². The van der Waals surface area contributed by atoms with Crippen LogP contribution in [0.15, 0.2) is 78.0 Å². The Kier molecular flexibility index (Phi) is 6.05. The molecular formula is C25H19F2IN6O. The maximum absolute atomic E-state index is 13.8. The number of fused-ring (bicyclic) bond motifs is 2. The molecule has 7 nitrogen and oxygen atoms in total. The molecule has 5 rings (SSSR count). The van der Waals surface area contributed by atoms with Crippen molar-refractivity contribution in [3.63, 3.8) is 0 Å². The Bertz CT molecular complexity index is 1600. The lowest BCUT2D eigenvalue weighted by atomic mass is 10.0. The lowest BCUT2D eigenvalue weighted by Crippen LogP contribution is -2.22. The predicted octanol–water partition coefficient (Wildman–Crippen LogP) is 5.48. The van der Waals surface area contributed by atoms with E-state index < -0.39 is 10.5 Å². The van der Waals surface area contributed by atoms with E-state index in [1.54, 1.807) is 17.0 Å². The molecule has 0 radical (unpaired) electrons. The van der Waals surface area contributed by atoms with E-state index in [-0.39, 0.29) is 11.5 Å². The molecule has 0 saturated carbocycles. The molecule has 10 heteroatoms. The Morgan fingerprint density at radius 1 is 1.06 bits per heavy atom. The van der Waals surface area contributed by atoms with Gasteiger partial charge in [-0.3, -0.25) is 14.3 Å². The lowest BCUT2D eigenvalue weighted by Gasteiger charge is -2.14. The largest absolute Gasteiger partial charge is 0.388 e. The summed E-state index contributed by atoms with van der Waals surface area (Å²) < 4.78 is 25.3. The Balaban J connectivity index is 1.73. The number of alkyl halides is 3. The summed E-state index contributed by atoms with van der Waals surface area (Å²) >= 11 is 1.05. The van der Waals surface area contributed by atoms with Crippen LogP contribution in [0.25, 0.3) is 38.6 Å². The smallest absolute Gasteiger partial charge is 0.313 e. The third-order valence-corrected chi connectivity index (χ3v) is 5.91. The van der Waals surface area contributed by atoms with Crippen LogP contribution in [0, 0.1) is 0 Å². The van der Waals surface area contributed by atoms with Gasteiger partial charge in [-0.25, -0.2) is 9.97 Å². The van der Waals surface area contributed by atoms with Crippen molar-refractivity contribution in [2.24, 2.45) is 0 Å². The minimum Gasteiger partial charge on any atom is -0.388 e. The zero-order chi connectivity index (χ0) is 24.6. The Morgan fingerprint density at radius 2 is 1.86 bits per heavy atom. The summed E-state index contributed by atoms with van der Waals surface area (Å²) in [4.78, 5) is 26.8. The molecule has 0 aliphatic rings. The second-order valence-electron chi connectivity index (χ2n) is 7.85. The Hall–Kier alpha value is -3.67. The summed E-state index contributed by atoms with van der Waals surface area (Å²) in [7, 11) is 1.81.